The number of rotatable bonds is 5. The van der Waals surface area contributed by atoms with E-state index >= 15 is 0 Å². The molecular weight excluding hydrogens is 216 g/mol. The van der Waals surface area contributed by atoms with Gasteiger partial charge in [-0.05, 0) is 56.2 Å². The predicted molar refractivity (Wildman–Crippen MR) is 70.9 cm³/mol. The fourth-order valence-electron chi connectivity index (χ4n) is 2.11. The molecule has 1 aromatic rings. The van der Waals surface area contributed by atoms with E-state index in [9.17, 15) is 0 Å². The summed E-state index contributed by atoms with van der Waals surface area (Å²) in [4.78, 5) is 4.02. The van der Waals surface area contributed by atoms with E-state index < -0.39 is 0 Å². The van der Waals surface area contributed by atoms with Gasteiger partial charge in [0.2, 0.25) is 0 Å². The summed E-state index contributed by atoms with van der Waals surface area (Å²) in [6.07, 6.45) is 7.57. The molecule has 0 aliphatic carbocycles. The molecule has 1 saturated heterocycles. The van der Waals surface area contributed by atoms with Crippen molar-refractivity contribution in [3.63, 3.8) is 0 Å². The summed E-state index contributed by atoms with van der Waals surface area (Å²) in [5.74, 6) is 1.34. The van der Waals surface area contributed by atoms with Gasteiger partial charge in [-0.25, -0.2) is 0 Å². The number of hydrogen-bond donors (Lipinski definition) is 1. The van der Waals surface area contributed by atoms with Crippen LogP contribution in [0, 0.1) is 0 Å². The Hall–Kier alpha value is -0.540. The Morgan fingerprint density at radius 2 is 2.25 bits per heavy atom. The molecule has 0 amide bonds. The molecule has 1 aromatic heterocycles. The summed E-state index contributed by atoms with van der Waals surface area (Å²) in [5.41, 5.74) is 1.37. The molecule has 2 heterocycles. The molecule has 1 N–H and O–H groups in total. The van der Waals surface area contributed by atoms with Gasteiger partial charge in [-0.2, -0.15) is 11.8 Å². The average Bonchev–Trinajstić information content (AvgIpc) is 2.74. The van der Waals surface area contributed by atoms with E-state index in [0.717, 1.165) is 19.5 Å². The third kappa shape index (κ3) is 3.49. The van der Waals surface area contributed by atoms with Crippen LogP contribution < -0.4 is 5.32 Å². The van der Waals surface area contributed by atoms with Crippen LogP contribution >= 0.6 is 11.8 Å². The molecular formula is C13H20N2S. The minimum atomic E-state index is 0.484. The molecule has 1 aliphatic rings. The van der Waals surface area contributed by atoms with Gasteiger partial charge in [-0.1, -0.05) is 0 Å². The fraction of sp³-hybridized carbons (Fsp3) is 0.615. The zero-order valence-electron chi connectivity index (χ0n) is 9.91. The molecule has 0 saturated carbocycles. The third-order valence-corrected chi connectivity index (χ3v) is 4.68. The van der Waals surface area contributed by atoms with Crippen molar-refractivity contribution in [3.8, 4) is 0 Å². The van der Waals surface area contributed by atoms with E-state index in [0.29, 0.717) is 4.75 Å². The van der Waals surface area contributed by atoms with Crippen LogP contribution in [0.5, 0.6) is 0 Å². The zero-order chi connectivity index (χ0) is 11.3. The normalized spacial score (nSPS) is 24.8. The van der Waals surface area contributed by atoms with Gasteiger partial charge in [0, 0.05) is 23.7 Å². The maximum absolute atomic E-state index is 4.02. The highest BCUT2D eigenvalue weighted by atomic mass is 32.2. The lowest BCUT2D eigenvalue weighted by Crippen LogP contribution is -2.33. The summed E-state index contributed by atoms with van der Waals surface area (Å²) in [6, 6.07) is 4.18. The van der Waals surface area contributed by atoms with E-state index in [1.807, 2.05) is 12.4 Å². The van der Waals surface area contributed by atoms with Crippen molar-refractivity contribution < 1.29 is 0 Å². The standard InChI is InChI=1S/C13H20N2S/c1-13(6-2-10-16-13)11-15-9-5-12-3-7-14-8-4-12/h3-4,7-8,15H,2,5-6,9-11H2,1H3. The second kappa shape index (κ2) is 5.69. The van der Waals surface area contributed by atoms with E-state index in [1.54, 1.807) is 0 Å². The van der Waals surface area contributed by atoms with Gasteiger partial charge < -0.3 is 5.32 Å². The molecule has 0 aromatic carbocycles. The molecule has 2 rings (SSSR count). The second-order valence-corrected chi connectivity index (χ2v) is 6.37. The fourth-order valence-corrected chi connectivity index (χ4v) is 3.39. The Balaban J connectivity index is 1.65. The van der Waals surface area contributed by atoms with Gasteiger partial charge >= 0.3 is 0 Å². The quantitative estimate of drug-likeness (QED) is 0.795. The number of pyridine rings is 1. The Morgan fingerprint density at radius 3 is 2.94 bits per heavy atom. The highest BCUT2D eigenvalue weighted by Gasteiger charge is 2.28. The van der Waals surface area contributed by atoms with Crippen LogP contribution in [0.25, 0.3) is 0 Å². The molecule has 1 aliphatic heterocycles. The van der Waals surface area contributed by atoms with Crippen LogP contribution in [0.15, 0.2) is 24.5 Å². The van der Waals surface area contributed by atoms with Crippen molar-refractivity contribution in [1.29, 1.82) is 0 Å². The topological polar surface area (TPSA) is 24.9 Å². The minimum absolute atomic E-state index is 0.484. The monoisotopic (exact) mass is 236 g/mol. The molecule has 2 nitrogen and oxygen atoms in total. The Bertz CT molecular complexity index is 307. The Kier molecular flexibility index (Phi) is 4.24. The molecule has 1 fully saturated rings. The average molecular weight is 236 g/mol. The first-order valence-corrected chi connectivity index (χ1v) is 7.01. The summed E-state index contributed by atoms with van der Waals surface area (Å²) in [5, 5.41) is 3.58. The van der Waals surface area contributed by atoms with Crippen molar-refractivity contribution in [3.05, 3.63) is 30.1 Å². The van der Waals surface area contributed by atoms with Crippen LogP contribution in [0.4, 0.5) is 0 Å². The van der Waals surface area contributed by atoms with Crippen LogP contribution in [0.1, 0.15) is 25.3 Å². The number of thioether (sulfide) groups is 1. The van der Waals surface area contributed by atoms with Gasteiger partial charge in [0.1, 0.15) is 0 Å². The molecule has 1 unspecified atom stereocenters. The maximum atomic E-state index is 4.02. The lowest BCUT2D eigenvalue weighted by atomic mass is 10.1. The summed E-state index contributed by atoms with van der Waals surface area (Å²) >= 11 is 2.12. The predicted octanol–water partition coefficient (Wildman–Crippen LogP) is 2.50. The van der Waals surface area contributed by atoms with Crippen molar-refractivity contribution in [2.75, 3.05) is 18.8 Å². The first-order valence-electron chi connectivity index (χ1n) is 6.02. The molecule has 0 radical (unpaired) electrons. The van der Waals surface area contributed by atoms with Crippen LogP contribution in [0.2, 0.25) is 0 Å². The largest absolute Gasteiger partial charge is 0.315 e. The van der Waals surface area contributed by atoms with E-state index in [4.69, 9.17) is 0 Å². The molecule has 16 heavy (non-hydrogen) atoms. The Labute approximate surface area is 102 Å². The van der Waals surface area contributed by atoms with Crippen LogP contribution in [-0.4, -0.2) is 28.6 Å². The van der Waals surface area contributed by atoms with Crippen molar-refractivity contribution in [2.45, 2.75) is 30.9 Å². The zero-order valence-corrected chi connectivity index (χ0v) is 10.7. The SMILES string of the molecule is CC1(CNCCc2ccncc2)CCCS1. The summed E-state index contributed by atoms with van der Waals surface area (Å²) in [7, 11) is 0. The van der Waals surface area contributed by atoms with Gasteiger partial charge in [-0.15, -0.1) is 0 Å². The van der Waals surface area contributed by atoms with Gasteiger partial charge in [0.05, 0.1) is 0 Å². The van der Waals surface area contributed by atoms with Crippen molar-refractivity contribution in [1.82, 2.24) is 10.3 Å². The third-order valence-electron chi connectivity index (χ3n) is 3.14. The van der Waals surface area contributed by atoms with Gasteiger partial charge in [0.25, 0.3) is 0 Å². The lowest BCUT2D eigenvalue weighted by molar-refractivity contribution is 0.539. The summed E-state index contributed by atoms with van der Waals surface area (Å²) in [6.45, 7) is 4.59. The van der Waals surface area contributed by atoms with Gasteiger partial charge in [0.15, 0.2) is 0 Å². The number of nitrogens with one attached hydrogen (secondary N) is 1. The second-order valence-electron chi connectivity index (χ2n) is 4.68. The molecule has 0 bridgehead atoms. The number of hydrogen-bond acceptors (Lipinski definition) is 3. The van der Waals surface area contributed by atoms with Crippen molar-refractivity contribution >= 4 is 11.8 Å². The number of aromatic nitrogens is 1. The maximum Gasteiger partial charge on any atom is 0.0270 e. The molecule has 1 atom stereocenters. The number of nitrogens with zero attached hydrogens (tertiary/aromatic N) is 1. The first-order chi connectivity index (χ1) is 7.79. The summed E-state index contributed by atoms with van der Waals surface area (Å²) < 4.78 is 0.484. The van der Waals surface area contributed by atoms with E-state index in [2.05, 4.69) is 41.1 Å². The lowest BCUT2D eigenvalue weighted by Gasteiger charge is -2.22. The molecule has 3 heteroatoms. The van der Waals surface area contributed by atoms with E-state index in [-0.39, 0.29) is 0 Å². The van der Waals surface area contributed by atoms with Crippen LogP contribution in [0.3, 0.4) is 0 Å². The van der Waals surface area contributed by atoms with Gasteiger partial charge in [-0.3, -0.25) is 4.98 Å². The highest BCUT2D eigenvalue weighted by molar-refractivity contribution is 8.00. The minimum Gasteiger partial charge on any atom is -0.315 e. The molecule has 0 spiro atoms. The Morgan fingerprint density at radius 1 is 1.44 bits per heavy atom. The molecule has 88 valence electrons. The van der Waals surface area contributed by atoms with E-state index in [1.165, 1.54) is 24.2 Å². The van der Waals surface area contributed by atoms with Crippen molar-refractivity contribution in [2.24, 2.45) is 0 Å². The first kappa shape index (κ1) is 11.9. The van der Waals surface area contributed by atoms with Crippen LogP contribution in [-0.2, 0) is 6.42 Å². The smallest absolute Gasteiger partial charge is 0.0270 e. The highest BCUT2D eigenvalue weighted by Crippen LogP contribution is 2.36.